The van der Waals surface area contributed by atoms with E-state index in [2.05, 4.69) is 25.7 Å². The highest BCUT2D eigenvalue weighted by molar-refractivity contribution is 5.12. The van der Waals surface area contributed by atoms with Gasteiger partial charge in [0.05, 0.1) is 19.3 Å². The largest absolute Gasteiger partial charge is 0.393 e. The van der Waals surface area contributed by atoms with Crippen LogP contribution in [-0.4, -0.2) is 55.0 Å². The number of rotatable bonds is 5. The molecule has 10 atom stereocenters. The van der Waals surface area contributed by atoms with Crippen LogP contribution in [0.5, 0.6) is 0 Å². The molecule has 0 aromatic heterocycles. The van der Waals surface area contributed by atoms with Crippen LogP contribution >= 0.6 is 0 Å². The normalized spacial score (nSPS) is 50.3. The molecule has 1 aliphatic heterocycles. The van der Waals surface area contributed by atoms with E-state index in [0.717, 1.165) is 62.3 Å². The molecule has 0 aromatic carbocycles. The predicted octanol–water partition coefficient (Wildman–Crippen LogP) is 4.69. The Hall–Kier alpha value is -0.160. The van der Waals surface area contributed by atoms with E-state index in [1.807, 2.05) is 0 Å². The summed E-state index contributed by atoms with van der Waals surface area (Å²) < 4.78 is 5.51. The van der Waals surface area contributed by atoms with Crippen LogP contribution in [0.2, 0.25) is 0 Å². The highest BCUT2D eigenvalue weighted by Crippen LogP contribution is 2.68. The van der Waals surface area contributed by atoms with Gasteiger partial charge in [-0.3, -0.25) is 4.90 Å². The molecule has 4 aliphatic carbocycles. The number of nitrogens with two attached hydrogens (primary N) is 1. The molecule has 3 N–H and O–H groups in total. The first-order valence-electron chi connectivity index (χ1n) is 14.1. The predicted molar refractivity (Wildman–Crippen MR) is 130 cm³/mol. The maximum Gasteiger partial charge on any atom is 0.0602 e. The number of fused-ring (bicyclic) bond motifs is 5. The van der Waals surface area contributed by atoms with Crippen molar-refractivity contribution in [1.82, 2.24) is 4.90 Å². The minimum absolute atomic E-state index is 0.117. The van der Waals surface area contributed by atoms with Crippen LogP contribution in [0.3, 0.4) is 0 Å². The topological polar surface area (TPSA) is 58.7 Å². The molecule has 1 heterocycles. The Morgan fingerprint density at radius 3 is 2.59 bits per heavy atom. The van der Waals surface area contributed by atoms with Crippen molar-refractivity contribution in [1.29, 1.82) is 0 Å². The Labute approximate surface area is 197 Å². The molecule has 4 nitrogen and oxygen atoms in total. The van der Waals surface area contributed by atoms with E-state index in [0.29, 0.717) is 17.4 Å². The van der Waals surface area contributed by atoms with E-state index >= 15 is 0 Å². The van der Waals surface area contributed by atoms with Gasteiger partial charge in [0.2, 0.25) is 0 Å². The number of nitrogens with zero attached hydrogens (tertiary/aromatic N) is 1. The number of morpholine rings is 1. The Kier molecular flexibility index (Phi) is 6.73. The molecule has 0 bridgehead atoms. The molecular weight excluding hydrogens is 396 g/mol. The standard InChI is InChI=1S/C28H50N2O2/c1-19(5-4-12-30-13-15-32-16-14-30)23-8-9-24-22-7-6-20-17-21(29)10-11-27(20,2)25(22)18-26(31)28(23,24)3/h19-26,31H,4-18,29H2,1-3H3/t19-,20-,21+,22+,23-,24+,25+,26+,27+,28-/m1/s1. The number of hydrogen-bond donors (Lipinski definition) is 2. The zero-order valence-electron chi connectivity index (χ0n) is 21.1. The van der Waals surface area contributed by atoms with Crippen LogP contribution in [0, 0.1) is 46.3 Å². The summed E-state index contributed by atoms with van der Waals surface area (Å²) in [4.78, 5) is 2.57. The average molecular weight is 447 g/mol. The summed E-state index contributed by atoms with van der Waals surface area (Å²) in [6.45, 7) is 12.8. The second-order valence-corrected chi connectivity index (χ2v) is 13.1. The van der Waals surface area contributed by atoms with Crippen molar-refractivity contribution in [3.05, 3.63) is 0 Å². The molecule has 184 valence electrons. The molecule has 0 aromatic rings. The zero-order valence-corrected chi connectivity index (χ0v) is 21.1. The second kappa shape index (κ2) is 9.13. The van der Waals surface area contributed by atoms with E-state index in [1.165, 1.54) is 64.3 Å². The number of hydrogen-bond acceptors (Lipinski definition) is 4. The van der Waals surface area contributed by atoms with Crippen LogP contribution in [0.4, 0.5) is 0 Å². The van der Waals surface area contributed by atoms with Gasteiger partial charge >= 0.3 is 0 Å². The molecule has 0 amide bonds. The van der Waals surface area contributed by atoms with Crippen molar-refractivity contribution in [3.8, 4) is 0 Å². The monoisotopic (exact) mass is 446 g/mol. The van der Waals surface area contributed by atoms with Gasteiger partial charge in [-0.2, -0.15) is 0 Å². The van der Waals surface area contributed by atoms with Crippen LogP contribution in [0.15, 0.2) is 0 Å². The zero-order chi connectivity index (χ0) is 22.5. The van der Waals surface area contributed by atoms with Gasteiger partial charge in [0.15, 0.2) is 0 Å². The first-order valence-corrected chi connectivity index (χ1v) is 14.1. The fourth-order valence-electron chi connectivity index (χ4n) is 9.88. The first kappa shape index (κ1) is 23.6. The van der Waals surface area contributed by atoms with E-state index < -0.39 is 0 Å². The first-order chi connectivity index (χ1) is 15.3. The van der Waals surface area contributed by atoms with Crippen molar-refractivity contribution in [3.63, 3.8) is 0 Å². The third-order valence-corrected chi connectivity index (χ3v) is 11.8. The fraction of sp³-hybridized carbons (Fsp3) is 1.00. The Morgan fingerprint density at radius 2 is 1.81 bits per heavy atom. The smallest absolute Gasteiger partial charge is 0.0602 e. The number of ether oxygens (including phenoxy) is 1. The van der Waals surface area contributed by atoms with Gasteiger partial charge in [-0.15, -0.1) is 0 Å². The van der Waals surface area contributed by atoms with Gasteiger partial charge in [0.25, 0.3) is 0 Å². The van der Waals surface area contributed by atoms with E-state index in [-0.39, 0.29) is 11.5 Å². The molecule has 5 fully saturated rings. The lowest BCUT2D eigenvalue weighted by atomic mass is 9.43. The molecule has 0 unspecified atom stereocenters. The van der Waals surface area contributed by atoms with Gasteiger partial charge < -0.3 is 15.6 Å². The van der Waals surface area contributed by atoms with Crippen LogP contribution in [0.1, 0.15) is 85.0 Å². The summed E-state index contributed by atoms with van der Waals surface area (Å²) in [6.07, 6.45) is 12.7. The van der Waals surface area contributed by atoms with Crippen molar-refractivity contribution < 1.29 is 9.84 Å². The summed E-state index contributed by atoms with van der Waals surface area (Å²) in [5.74, 6) is 4.49. The molecule has 4 saturated carbocycles. The summed E-state index contributed by atoms with van der Waals surface area (Å²) in [5, 5.41) is 11.7. The summed E-state index contributed by atoms with van der Waals surface area (Å²) in [7, 11) is 0. The summed E-state index contributed by atoms with van der Waals surface area (Å²) in [5.41, 5.74) is 6.94. The minimum atomic E-state index is -0.117. The molecule has 5 rings (SSSR count). The quantitative estimate of drug-likeness (QED) is 0.643. The number of aliphatic hydroxyl groups excluding tert-OH is 1. The molecule has 0 radical (unpaired) electrons. The molecule has 0 spiro atoms. The average Bonchev–Trinajstić information content (AvgIpc) is 3.14. The van der Waals surface area contributed by atoms with Gasteiger partial charge in [-0.25, -0.2) is 0 Å². The lowest BCUT2D eigenvalue weighted by Crippen LogP contribution is -2.59. The van der Waals surface area contributed by atoms with Crippen LogP contribution in [-0.2, 0) is 4.74 Å². The van der Waals surface area contributed by atoms with Crippen molar-refractivity contribution in [2.45, 2.75) is 97.1 Å². The van der Waals surface area contributed by atoms with Crippen LogP contribution in [0.25, 0.3) is 0 Å². The van der Waals surface area contributed by atoms with E-state index in [4.69, 9.17) is 10.5 Å². The summed E-state index contributed by atoms with van der Waals surface area (Å²) in [6, 6.07) is 0.414. The maximum atomic E-state index is 11.7. The van der Waals surface area contributed by atoms with Crippen LogP contribution < -0.4 is 5.73 Å². The minimum Gasteiger partial charge on any atom is -0.393 e. The SMILES string of the molecule is C[C@H](CCCN1CCOCC1)[C@H]1CC[C@H]2[C@@H]3CC[C@@H]4C[C@@H](N)CC[C@]4(C)[C@H]3C[C@H](O)[C@]12C. The fourth-order valence-corrected chi connectivity index (χ4v) is 9.88. The lowest BCUT2D eigenvalue weighted by Gasteiger charge is -2.62. The van der Waals surface area contributed by atoms with Gasteiger partial charge in [0.1, 0.15) is 0 Å². The van der Waals surface area contributed by atoms with E-state index in [1.54, 1.807) is 0 Å². The van der Waals surface area contributed by atoms with Crippen molar-refractivity contribution >= 4 is 0 Å². The van der Waals surface area contributed by atoms with Gasteiger partial charge in [0, 0.05) is 19.1 Å². The van der Waals surface area contributed by atoms with Crippen molar-refractivity contribution in [2.24, 2.45) is 52.1 Å². The molecule has 5 aliphatic rings. The van der Waals surface area contributed by atoms with E-state index in [9.17, 15) is 5.11 Å². The highest BCUT2D eigenvalue weighted by atomic mass is 16.5. The third-order valence-electron chi connectivity index (χ3n) is 11.8. The highest BCUT2D eigenvalue weighted by Gasteiger charge is 2.63. The van der Waals surface area contributed by atoms with Crippen molar-refractivity contribution in [2.75, 3.05) is 32.8 Å². The molecule has 4 heteroatoms. The number of aliphatic hydroxyl groups is 1. The second-order valence-electron chi connectivity index (χ2n) is 13.1. The molecule has 1 saturated heterocycles. The Morgan fingerprint density at radius 1 is 1.03 bits per heavy atom. The lowest BCUT2D eigenvalue weighted by molar-refractivity contribution is -0.169. The third kappa shape index (κ3) is 3.89. The Bertz CT molecular complexity index is 651. The molecular formula is C28H50N2O2. The van der Waals surface area contributed by atoms with Gasteiger partial charge in [-0.05, 0) is 117 Å². The maximum absolute atomic E-state index is 11.7. The Balaban J connectivity index is 1.25. The molecule has 32 heavy (non-hydrogen) atoms. The van der Waals surface area contributed by atoms with Gasteiger partial charge in [-0.1, -0.05) is 20.8 Å². The summed E-state index contributed by atoms with van der Waals surface area (Å²) >= 11 is 0.